The molecule has 0 aromatic carbocycles. The number of hydrogen-bond acceptors (Lipinski definition) is 2. The van der Waals surface area contributed by atoms with Crippen LogP contribution in [0, 0.1) is 10.1 Å². The van der Waals surface area contributed by atoms with Crippen LogP contribution in [0.3, 0.4) is 0 Å². The molecule has 0 radical (unpaired) electrons. The van der Waals surface area contributed by atoms with Crippen molar-refractivity contribution in [3.8, 4) is 0 Å². The second-order valence-corrected chi connectivity index (χ2v) is 2.33. The summed E-state index contributed by atoms with van der Waals surface area (Å²) in [6.45, 7) is -0.0469. The van der Waals surface area contributed by atoms with Crippen molar-refractivity contribution < 1.29 is 4.92 Å². The van der Waals surface area contributed by atoms with E-state index < -0.39 is 0 Å². The van der Waals surface area contributed by atoms with Crippen LogP contribution in [0.25, 0.3) is 0 Å². The highest BCUT2D eigenvalue weighted by atomic mass is 16.6. The molecule has 0 N–H and O–H groups in total. The Morgan fingerprint density at radius 3 is 3.00 bits per heavy atom. The average molecular weight is 151 g/mol. The lowest BCUT2D eigenvalue weighted by atomic mass is 10.2. The summed E-state index contributed by atoms with van der Waals surface area (Å²) in [5.41, 5.74) is 0.847. The van der Waals surface area contributed by atoms with Crippen molar-refractivity contribution >= 4 is 0 Å². The monoisotopic (exact) mass is 151 g/mol. The highest BCUT2D eigenvalue weighted by Gasteiger charge is 2.02. The van der Waals surface area contributed by atoms with E-state index in [4.69, 9.17) is 0 Å². The van der Waals surface area contributed by atoms with Gasteiger partial charge in [-0.15, -0.1) is 0 Å². The summed E-state index contributed by atoms with van der Waals surface area (Å²) in [5, 5.41) is 10.1. The summed E-state index contributed by atoms with van der Waals surface area (Å²) in [6, 6.07) is 0. The molecule has 1 aliphatic rings. The zero-order chi connectivity index (χ0) is 8.10. The lowest BCUT2D eigenvalue weighted by Crippen LogP contribution is -2.02. The predicted octanol–water partition coefficient (Wildman–Crippen LogP) is 1.71. The van der Waals surface area contributed by atoms with Crippen LogP contribution in [-0.4, -0.2) is 11.5 Å². The van der Waals surface area contributed by atoms with Gasteiger partial charge in [-0.25, -0.2) is 0 Å². The third-order valence-corrected chi connectivity index (χ3v) is 1.40. The number of rotatable bonds is 2. The molecule has 0 aromatic rings. The van der Waals surface area contributed by atoms with Crippen molar-refractivity contribution in [2.45, 2.75) is 6.42 Å². The molecule has 0 aliphatic heterocycles. The molecule has 0 heterocycles. The van der Waals surface area contributed by atoms with Gasteiger partial charge < -0.3 is 0 Å². The summed E-state index contributed by atoms with van der Waals surface area (Å²) < 4.78 is 0. The van der Waals surface area contributed by atoms with Gasteiger partial charge in [-0.3, -0.25) is 10.1 Å². The Morgan fingerprint density at radius 2 is 2.27 bits per heavy atom. The second-order valence-electron chi connectivity index (χ2n) is 2.33. The van der Waals surface area contributed by atoms with Gasteiger partial charge in [0.1, 0.15) is 0 Å². The zero-order valence-electron chi connectivity index (χ0n) is 6.06. The van der Waals surface area contributed by atoms with E-state index in [1.54, 1.807) is 6.08 Å². The fourth-order valence-corrected chi connectivity index (χ4v) is 0.905. The fraction of sp³-hybridized carbons (Fsp3) is 0.250. The molecular formula is C8H9NO2. The molecule has 0 bridgehead atoms. The summed E-state index contributed by atoms with van der Waals surface area (Å²) in [6.07, 6.45) is 9.98. The van der Waals surface area contributed by atoms with E-state index in [1.807, 2.05) is 24.3 Å². The van der Waals surface area contributed by atoms with E-state index in [0.29, 0.717) is 6.42 Å². The molecule has 11 heavy (non-hydrogen) atoms. The molecule has 1 rings (SSSR count). The van der Waals surface area contributed by atoms with Crippen LogP contribution in [0.1, 0.15) is 6.42 Å². The maximum Gasteiger partial charge on any atom is 0.225 e. The molecular weight excluding hydrogens is 142 g/mol. The SMILES string of the molecule is O=[N+]([O-])CC1=CC=CC=CC1. The van der Waals surface area contributed by atoms with Crippen molar-refractivity contribution in [3.63, 3.8) is 0 Å². The molecule has 0 saturated heterocycles. The highest BCUT2D eigenvalue weighted by molar-refractivity contribution is 5.23. The van der Waals surface area contributed by atoms with Gasteiger partial charge in [0.05, 0.1) is 0 Å². The average Bonchev–Trinajstić information content (AvgIpc) is 2.14. The minimum atomic E-state index is -0.307. The predicted molar refractivity (Wildman–Crippen MR) is 42.8 cm³/mol. The summed E-state index contributed by atoms with van der Waals surface area (Å²) >= 11 is 0. The van der Waals surface area contributed by atoms with Crippen molar-refractivity contribution in [1.82, 2.24) is 0 Å². The van der Waals surface area contributed by atoms with Crippen LogP contribution in [0.4, 0.5) is 0 Å². The molecule has 0 atom stereocenters. The Kier molecular flexibility index (Phi) is 2.60. The van der Waals surface area contributed by atoms with Crippen molar-refractivity contribution in [2.75, 3.05) is 6.54 Å². The number of nitro groups is 1. The Hall–Kier alpha value is -1.38. The Morgan fingerprint density at radius 1 is 1.45 bits per heavy atom. The third-order valence-electron chi connectivity index (χ3n) is 1.40. The first-order valence-corrected chi connectivity index (χ1v) is 3.42. The van der Waals surface area contributed by atoms with Gasteiger partial charge >= 0.3 is 0 Å². The van der Waals surface area contributed by atoms with E-state index in [9.17, 15) is 10.1 Å². The van der Waals surface area contributed by atoms with Crippen LogP contribution < -0.4 is 0 Å². The molecule has 0 unspecified atom stereocenters. The smallest absolute Gasteiger partial charge is 0.225 e. The molecule has 3 heteroatoms. The fourth-order valence-electron chi connectivity index (χ4n) is 0.905. The van der Waals surface area contributed by atoms with E-state index in [-0.39, 0.29) is 11.5 Å². The topological polar surface area (TPSA) is 43.1 Å². The summed E-state index contributed by atoms with van der Waals surface area (Å²) in [7, 11) is 0. The van der Waals surface area contributed by atoms with E-state index in [2.05, 4.69) is 0 Å². The molecule has 0 saturated carbocycles. The van der Waals surface area contributed by atoms with Crippen LogP contribution in [0.15, 0.2) is 36.0 Å². The summed E-state index contributed by atoms with van der Waals surface area (Å²) in [4.78, 5) is 9.79. The number of hydrogen-bond donors (Lipinski definition) is 0. The van der Waals surface area contributed by atoms with E-state index >= 15 is 0 Å². The number of nitrogens with zero attached hydrogens (tertiary/aromatic N) is 1. The van der Waals surface area contributed by atoms with Gasteiger partial charge in [0, 0.05) is 10.5 Å². The first-order valence-electron chi connectivity index (χ1n) is 3.42. The van der Waals surface area contributed by atoms with Gasteiger partial charge in [0.15, 0.2) is 0 Å². The van der Waals surface area contributed by atoms with Gasteiger partial charge in [-0.2, -0.15) is 0 Å². The number of allylic oxidation sites excluding steroid dienone is 5. The van der Waals surface area contributed by atoms with Crippen molar-refractivity contribution in [3.05, 3.63) is 46.1 Å². The first kappa shape index (κ1) is 7.72. The largest absolute Gasteiger partial charge is 0.264 e. The van der Waals surface area contributed by atoms with E-state index in [0.717, 1.165) is 5.57 Å². The molecule has 0 fully saturated rings. The molecule has 58 valence electrons. The standard InChI is InChI=1S/C8H9NO2/c10-9(11)7-8-5-3-1-2-4-6-8/h1-5H,6-7H2. The quantitative estimate of drug-likeness (QED) is 0.445. The third kappa shape index (κ3) is 2.80. The minimum absolute atomic E-state index is 0.0469. The first-order chi connectivity index (χ1) is 5.29. The van der Waals surface area contributed by atoms with Gasteiger partial charge in [0.2, 0.25) is 6.54 Å². The van der Waals surface area contributed by atoms with Gasteiger partial charge in [0.25, 0.3) is 0 Å². The maximum atomic E-state index is 10.1. The Balaban J connectivity index is 2.57. The van der Waals surface area contributed by atoms with Crippen LogP contribution in [0.2, 0.25) is 0 Å². The molecule has 0 amide bonds. The van der Waals surface area contributed by atoms with Crippen LogP contribution in [0.5, 0.6) is 0 Å². The van der Waals surface area contributed by atoms with Crippen molar-refractivity contribution in [2.24, 2.45) is 0 Å². The van der Waals surface area contributed by atoms with Crippen LogP contribution in [-0.2, 0) is 0 Å². The lowest BCUT2D eigenvalue weighted by Gasteiger charge is -1.94. The molecule has 3 nitrogen and oxygen atoms in total. The van der Waals surface area contributed by atoms with E-state index in [1.165, 1.54) is 0 Å². The maximum absolute atomic E-state index is 10.1. The molecule has 1 aliphatic carbocycles. The zero-order valence-corrected chi connectivity index (χ0v) is 6.06. The minimum Gasteiger partial charge on any atom is -0.264 e. The molecule has 0 aromatic heterocycles. The van der Waals surface area contributed by atoms with Crippen molar-refractivity contribution in [1.29, 1.82) is 0 Å². The Labute approximate surface area is 64.9 Å². The van der Waals surface area contributed by atoms with Gasteiger partial charge in [-0.1, -0.05) is 30.4 Å². The van der Waals surface area contributed by atoms with Crippen LogP contribution >= 0.6 is 0 Å². The normalized spacial score (nSPS) is 15.8. The summed E-state index contributed by atoms with van der Waals surface area (Å²) in [5.74, 6) is 0. The highest BCUT2D eigenvalue weighted by Crippen LogP contribution is 2.06. The lowest BCUT2D eigenvalue weighted by molar-refractivity contribution is -0.471. The second kappa shape index (κ2) is 3.71. The molecule has 0 spiro atoms. The Bertz CT molecular complexity index is 238. The van der Waals surface area contributed by atoms with Gasteiger partial charge in [-0.05, 0) is 6.42 Å².